The van der Waals surface area contributed by atoms with E-state index in [9.17, 15) is 4.79 Å². The van der Waals surface area contributed by atoms with Crippen LogP contribution in [0.1, 0.15) is 18.5 Å². The number of aliphatic imine (C=N–C) groups is 1. The predicted molar refractivity (Wildman–Crippen MR) is 58.1 cm³/mol. The van der Waals surface area contributed by atoms with E-state index in [0.29, 0.717) is 6.61 Å². The largest absolute Gasteiger partial charge is 0.362 e. The van der Waals surface area contributed by atoms with Crippen LogP contribution in [0.2, 0.25) is 0 Å². The highest BCUT2D eigenvalue weighted by molar-refractivity contribution is 5.99. The molecule has 2 rings (SSSR count). The van der Waals surface area contributed by atoms with E-state index in [1.54, 1.807) is 0 Å². The van der Waals surface area contributed by atoms with E-state index >= 15 is 0 Å². The van der Waals surface area contributed by atoms with Crippen LogP contribution in [0, 0.1) is 0 Å². The van der Waals surface area contributed by atoms with E-state index in [0.717, 1.165) is 17.6 Å². The van der Waals surface area contributed by atoms with Gasteiger partial charge < -0.3 is 9.53 Å². The topological polar surface area (TPSA) is 38.7 Å². The second-order valence-corrected chi connectivity index (χ2v) is 3.59. The van der Waals surface area contributed by atoms with Crippen molar-refractivity contribution >= 4 is 12.0 Å². The van der Waals surface area contributed by atoms with Crippen LogP contribution in [-0.4, -0.2) is 24.7 Å². The summed E-state index contributed by atoms with van der Waals surface area (Å²) in [6.45, 7) is 2.30. The Morgan fingerprint density at radius 3 is 2.73 bits per heavy atom. The second-order valence-electron chi connectivity index (χ2n) is 3.59. The molecule has 1 heterocycles. The van der Waals surface area contributed by atoms with E-state index in [4.69, 9.17) is 4.74 Å². The van der Waals surface area contributed by atoms with Gasteiger partial charge in [-0.1, -0.05) is 30.3 Å². The van der Waals surface area contributed by atoms with Crippen molar-refractivity contribution in [1.29, 1.82) is 0 Å². The van der Waals surface area contributed by atoms with Gasteiger partial charge in [-0.25, -0.2) is 0 Å². The van der Waals surface area contributed by atoms with Gasteiger partial charge in [0.05, 0.1) is 12.6 Å². The zero-order chi connectivity index (χ0) is 10.7. The van der Waals surface area contributed by atoms with Gasteiger partial charge in [-0.05, 0) is 12.5 Å². The van der Waals surface area contributed by atoms with Gasteiger partial charge in [0.15, 0.2) is 12.4 Å². The average molecular weight is 203 g/mol. The summed E-state index contributed by atoms with van der Waals surface area (Å²) in [6.07, 6.45) is 0.338. The summed E-state index contributed by atoms with van der Waals surface area (Å²) in [5.41, 5.74) is 1.88. The molecule has 1 aliphatic heterocycles. The van der Waals surface area contributed by atoms with Gasteiger partial charge in [0.2, 0.25) is 0 Å². The van der Waals surface area contributed by atoms with E-state index < -0.39 is 6.10 Å². The van der Waals surface area contributed by atoms with Crippen molar-refractivity contribution in [2.45, 2.75) is 19.1 Å². The molecule has 3 heteroatoms. The molecule has 1 aliphatic rings. The summed E-state index contributed by atoms with van der Waals surface area (Å²) in [4.78, 5) is 15.1. The molecule has 1 aromatic rings. The number of nitrogens with zero attached hydrogens (tertiary/aromatic N) is 1. The Bertz CT molecular complexity index is 372. The van der Waals surface area contributed by atoms with Gasteiger partial charge >= 0.3 is 0 Å². The first kappa shape index (κ1) is 10.1. The minimum Gasteiger partial charge on any atom is -0.362 e. The van der Waals surface area contributed by atoms with Crippen molar-refractivity contribution in [2.24, 2.45) is 4.99 Å². The third-order valence-electron chi connectivity index (χ3n) is 2.51. The Hall–Kier alpha value is -1.48. The number of benzene rings is 1. The van der Waals surface area contributed by atoms with Crippen molar-refractivity contribution in [3.63, 3.8) is 0 Å². The highest BCUT2D eigenvalue weighted by atomic mass is 16.5. The van der Waals surface area contributed by atoms with Crippen LogP contribution in [0.5, 0.6) is 0 Å². The van der Waals surface area contributed by atoms with E-state index in [2.05, 4.69) is 4.99 Å². The smallest absolute Gasteiger partial charge is 0.154 e. The summed E-state index contributed by atoms with van der Waals surface area (Å²) in [7, 11) is 0. The van der Waals surface area contributed by atoms with Gasteiger partial charge in [-0.15, -0.1) is 0 Å². The van der Waals surface area contributed by atoms with Gasteiger partial charge in [0.1, 0.15) is 0 Å². The highest BCUT2D eigenvalue weighted by Crippen LogP contribution is 2.22. The van der Waals surface area contributed by atoms with Crippen molar-refractivity contribution in [3.8, 4) is 0 Å². The number of aldehydes is 1. The number of ether oxygens (including phenoxy) is 1. The van der Waals surface area contributed by atoms with Gasteiger partial charge in [0, 0.05) is 5.71 Å². The maximum Gasteiger partial charge on any atom is 0.154 e. The molecule has 3 nitrogen and oxygen atoms in total. The van der Waals surface area contributed by atoms with Gasteiger partial charge in [0.25, 0.3) is 0 Å². The zero-order valence-electron chi connectivity index (χ0n) is 8.59. The van der Waals surface area contributed by atoms with Crippen molar-refractivity contribution in [1.82, 2.24) is 0 Å². The van der Waals surface area contributed by atoms with Crippen molar-refractivity contribution in [2.75, 3.05) is 6.61 Å². The molecular formula is C12H13NO2. The first-order valence-electron chi connectivity index (χ1n) is 4.97. The summed E-state index contributed by atoms with van der Waals surface area (Å²) in [6, 6.07) is 10.00. The molecule has 0 bridgehead atoms. The van der Waals surface area contributed by atoms with Gasteiger partial charge in [-0.3, -0.25) is 4.99 Å². The number of carbonyl (C=O) groups excluding carboxylic acids is 1. The summed E-state index contributed by atoms with van der Waals surface area (Å²) in [5.74, 6) is 0. The lowest BCUT2D eigenvalue weighted by molar-refractivity contribution is -0.115. The van der Waals surface area contributed by atoms with Gasteiger partial charge in [-0.2, -0.15) is 0 Å². The third kappa shape index (κ3) is 2.13. The van der Waals surface area contributed by atoms with Crippen LogP contribution in [0.15, 0.2) is 35.3 Å². The van der Waals surface area contributed by atoms with Crippen LogP contribution in [-0.2, 0) is 9.53 Å². The van der Waals surface area contributed by atoms with E-state index in [-0.39, 0.29) is 6.04 Å². The van der Waals surface area contributed by atoms with E-state index in [1.807, 2.05) is 37.3 Å². The first-order chi connectivity index (χ1) is 7.31. The monoisotopic (exact) mass is 203 g/mol. The molecule has 1 aromatic carbocycles. The molecule has 0 N–H and O–H groups in total. The molecule has 0 saturated carbocycles. The quantitative estimate of drug-likeness (QED) is 0.687. The van der Waals surface area contributed by atoms with Crippen LogP contribution < -0.4 is 0 Å². The molecule has 0 spiro atoms. The fourth-order valence-corrected chi connectivity index (χ4v) is 1.66. The fraction of sp³-hybridized carbons (Fsp3) is 0.333. The highest BCUT2D eigenvalue weighted by Gasteiger charge is 2.22. The molecule has 0 aromatic heterocycles. The minimum atomic E-state index is -0.454. The molecular weight excluding hydrogens is 190 g/mol. The molecule has 0 saturated heterocycles. The fourth-order valence-electron chi connectivity index (χ4n) is 1.66. The Balaban J connectivity index is 2.21. The summed E-state index contributed by atoms with van der Waals surface area (Å²) in [5, 5.41) is 0. The number of hydrogen-bond acceptors (Lipinski definition) is 3. The number of hydrogen-bond donors (Lipinski definition) is 0. The molecule has 0 amide bonds. The molecule has 2 atom stereocenters. The molecule has 1 unspecified atom stereocenters. The lowest BCUT2D eigenvalue weighted by atomic mass is 10.1. The Morgan fingerprint density at radius 2 is 2.13 bits per heavy atom. The van der Waals surface area contributed by atoms with Crippen molar-refractivity contribution < 1.29 is 9.53 Å². The maximum atomic E-state index is 10.6. The Morgan fingerprint density at radius 1 is 1.40 bits per heavy atom. The molecule has 78 valence electrons. The van der Waals surface area contributed by atoms with Crippen LogP contribution in [0.25, 0.3) is 0 Å². The summed E-state index contributed by atoms with van der Waals surface area (Å²) >= 11 is 0. The molecule has 0 radical (unpaired) electrons. The van der Waals surface area contributed by atoms with Crippen molar-refractivity contribution in [3.05, 3.63) is 35.9 Å². The SMILES string of the molecule is CC1=N[C@@H](c2ccccc2)COC1C=O. The Kier molecular flexibility index (Phi) is 2.92. The third-order valence-corrected chi connectivity index (χ3v) is 2.51. The Labute approximate surface area is 88.8 Å². The predicted octanol–water partition coefficient (Wildman–Crippen LogP) is 1.79. The average Bonchev–Trinajstić information content (AvgIpc) is 2.30. The number of rotatable bonds is 2. The second kappa shape index (κ2) is 4.36. The van der Waals surface area contributed by atoms with Crippen LogP contribution >= 0.6 is 0 Å². The molecule has 0 aliphatic carbocycles. The zero-order valence-corrected chi connectivity index (χ0v) is 8.59. The first-order valence-corrected chi connectivity index (χ1v) is 4.97. The van der Waals surface area contributed by atoms with Crippen LogP contribution in [0.3, 0.4) is 0 Å². The maximum absolute atomic E-state index is 10.6. The molecule has 0 fully saturated rings. The lowest BCUT2D eigenvalue weighted by Gasteiger charge is -2.23. The minimum absolute atomic E-state index is 0.0300. The normalized spacial score (nSPS) is 25.8. The molecule has 15 heavy (non-hydrogen) atoms. The lowest BCUT2D eigenvalue weighted by Crippen LogP contribution is -2.31. The standard InChI is InChI=1S/C12H13NO2/c1-9-12(7-14)15-8-11(13-9)10-5-3-2-4-6-10/h2-7,11-12H,8H2,1H3/t11-,12?/m1/s1. The number of carbonyl (C=O) groups is 1. The van der Waals surface area contributed by atoms with Crippen LogP contribution in [0.4, 0.5) is 0 Å². The van der Waals surface area contributed by atoms with E-state index in [1.165, 1.54) is 0 Å². The summed E-state index contributed by atoms with van der Waals surface area (Å²) < 4.78 is 5.41.